The number of ether oxygens (including phenoxy) is 2. The van der Waals surface area contributed by atoms with Crippen LogP contribution < -0.4 is 0 Å². The molecule has 0 unspecified atom stereocenters. The SMILES string of the molecule is C=C(C)[C@H](CC[C@H](C)[C@@H]1CC[C@]2(C)[C@H]3[C@H](O)C[C@@H]4[C@@](C)(OC=O)[C@H](O)CC[C@]45C[C@]35CC[C@@]12C)OC. The first-order valence-electron chi connectivity index (χ1n) is 14.5. The van der Waals surface area contributed by atoms with Crippen LogP contribution in [0.5, 0.6) is 0 Å². The molecule has 0 amide bonds. The van der Waals surface area contributed by atoms with Crippen LogP contribution in [0, 0.1) is 45.3 Å². The van der Waals surface area contributed by atoms with Gasteiger partial charge in [0.15, 0.2) is 0 Å². The van der Waals surface area contributed by atoms with E-state index < -0.39 is 17.8 Å². The molecule has 0 bridgehead atoms. The summed E-state index contributed by atoms with van der Waals surface area (Å²) in [6.45, 7) is 16.1. The Morgan fingerprint density at radius 2 is 1.78 bits per heavy atom. The molecular formula is C31H50O5. The fraction of sp³-hybridized carbons (Fsp3) is 0.903. The summed E-state index contributed by atoms with van der Waals surface area (Å²) in [5.74, 6) is 1.58. The fourth-order valence-electron chi connectivity index (χ4n) is 11.4. The predicted octanol–water partition coefficient (Wildman–Crippen LogP) is 5.67. The molecule has 0 radical (unpaired) electrons. The van der Waals surface area contributed by atoms with Crippen LogP contribution in [0.4, 0.5) is 0 Å². The van der Waals surface area contributed by atoms with Crippen LogP contribution in [0.15, 0.2) is 12.2 Å². The van der Waals surface area contributed by atoms with E-state index in [-0.39, 0.29) is 39.6 Å². The van der Waals surface area contributed by atoms with Gasteiger partial charge in [0, 0.05) is 13.0 Å². The van der Waals surface area contributed by atoms with Gasteiger partial charge in [0.25, 0.3) is 6.47 Å². The summed E-state index contributed by atoms with van der Waals surface area (Å²) >= 11 is 0. The van der Waals surface area contributed by atoms with Crippen molar-refractivity contribution in [3.8, 4) is 0 Å². The summed E-state index contributed by atoms with van der Waals surface area (Å²) < 4.78 is 11.4. The van der Waals surface area contributed by atoms with Crippen molar-refractivity contribution in [2.75, 3.05) is 7.11 Å². The topological polar surface area (TPSA) is 76.0 Å². The normalized spacial score (nSPS) is 52.7. The first-order chi connectivity index (χ1) is 16.9. The second kappa shape index (κ2) is 8.55. The number of methoxy groups -OCH3 is 1. The van der Waals surface area contributed by atoms with E-state index in [4.69, 9.17) is 9.47 Å². The van der Waals surface area contributed by atoms with Gasteiger partial charge in [-0.1, -0.05) is 32.9 Å². The Labute approximate surface area is 218 Å². The lowest BCUT2D eigenvalue weighted by Crippen LogP contribution is -2.64. The number of aliphatic hydroxyl groups is 2. The van der Waals surface area contributed by atoms with E-state index in [1.165, 1.54) is 19.3 Å². The highest BCUT2D eigenvalue weighted by Gasteiger charge is 2.84. The van der Waals surface area contributed by atoms with Crippen molar-refractivity contribution in [2.24, 2.45) is 45.3 Å². The van der Waals surface area contributed by atoms with Crippen LogP contribution in [-0.4, -0.2) is 47.7 Å². The minimum atomic E-state index is -0.898. The van der Waals surface area contributed by atoms with Gasteiger partial charge in [-0.25, -0.2) is 0 Å². The van der Waals surface area contributed by atoms with Crippen molar-refractivity contribution < 1.29 is 24.5 Å². The molecule has 0 aromatic heterocycles. The van der Waals surface area contributed by atoms with Gasteiger partial charge in [0.1, 0.15) is 5.60 Å². The number of hydrogen-bond acceptors (Lipinski definition) is 5. The van der Waals surface area contributed by atoms with Gasteiger partial charge < -0.3 is 19.7 Å². The molecule has 5 heteroatoms. The summed E-state index contributed by atoms with van der Waals surface area (Å²) in [5, 5.41) is 22.8. The Kier molecular flexibility index (Phi) is 6.34. The van der Waals surface area contributed by atoms with Crippen LogP contribution in [0.25, 0.3) is 0 Å². The lowest BCUT2D eigenvalue weighted by molar-refractivity contribution is -0.230. The quantitative estimate of drug-likeness (QED) is 0.330. The molecular weight excluding hydrogens is 452 g/mol. The Bertz CT molecular complexity index is 903. The first kappa shape index (κ1) is 26.7. The van der Waals surface area contributed by atoms with Gasteiger partial charge in [-0.05, 0) is 117 Å². The zero-order chi connectivity index (χ0) is 26.3. The van der Waals surface area contributed by atoms with E-state index in [9.17, 15) is 15.0 Å². The third-order valence-corrected chi connectivity index (χ3v) is 13.4. The van der Waals surface area contributed by atoms with Crippen molar-refractivity contribution in [3.05, 3.63) is 12.2 Å². The molecule has 0 aromatic carbocycles. The lowest BCUT2D eigenvalue weighted by atomic mass is 9.42. The molecule has 5 fully saturated rings. The average molecular weight is 503 g/mol. The molecule has 204 valence electrons. The molecule has 2 spiro atoms. The van der Waals surface area contributed by atoms with Crippen molar-refractivity contribution in [1.29, 1.82) is 0 Å². The smallest absolute Gasteiger partial charge is 0.293 e. The Hall–Kier alpha value is -0.910. The van der Waals surface area contributed by atoms with Crippen molar-refractivity contribution in [3.63, 3.8) is 0 Å². The first-order valence-corrected chi connectivity index (χ1v) is 14.5. The average Bonchev–Trinajstić information content (AvgIpc) is 3.38. The maximum Gasteiger partial charge on any atom is 0.293 e. The van der Waals surface area contributed by atoms with E-state index in [0.717, 1.165) is 37.7 Å². The van der Waals surface area contributed by atoms with Gasteiger partial charge in [0.2, 0.25) is 0 Å². The minimum Gasteiger partial charge on any atom is -0.458 e. The van der Waals surface area contributed by atoms with Gasteiger partial charge in [-0.3, -0.25) is 4.79 Å². The molecule has 5 saturated carbocycles. The van der Waals surface area contributed by atoms with E-state index in [0.29, 0.717) is 31.1 Å². The van der Waals surface area contributed by atoms with Crippen molar-refractivity contribution in [1.82, 2.24) is 0 Å². The third kappa shape index (κ3) is 3.21. The van der Waals surface area contributed by atoms with Crippen molar-refractivity contribution in [2.45, 2.75) is 123 Å². The lowest BCUT2D eigenvalue weighted by Gasteiger charge is -2.64. The number of carbonyl (C=O) groups excluding carboxylic acids is 1. The zero-order valence-electron chi connectivity index (χ0n) is 23.5. The Morgan fingerprint density at radius 1 is 1.06 bits per heavy atom. The molecule has 0 saturated heterocycles. The number of hydrogen-bond donors (Lipinski definition) is 2. The molecule has 5 rings (SSSR count). The highest BCUT2D eigenvalue weighted by molar-refractivity contribution is 5.41. The number of carbonyl (C=O) groups is 1. The molecule has 12 atom stereocenters. The standard InChI is InChI=1S/C31H50O5/c1-19(2)23(35-7)9-8-20(3)21-10-12-28(5)26-22(33)16-24-29(6,36-18-32)25(34)11-13-30(24)17-31(26,30)15-14-27(21,28)4/h18,20-26,33-34H,1,8-17H2,2-7H3/t20-,21-,22+,23-,24+,25+,26+,27-,28+,29+,30-,31+/m0/s1. The van der Waals surface area contributed by atoms with E-state index in [2.05, 4.69) is 34.3 Å². The summed E-state index contributed by atoms with van der Waals surface area (Å²) in [7, 11) is 1.79. The van der Waals surface area contributed by atoms with Crippen LogP contribution >= 0.6 is 0 Å². The molecule has 0 aliphatic heterocycles. The highest BCUT2D eigenvalue weighted by atomic mass is 16.6. The maximum atomic E-state index is 11.9. The van der Waals surface area contributed by atoms with Gasteiger partial charge >= 0.3 is 0 Å². The van der Waals surface area contributed by atoms with E-state index >= 15 is 0 Å². The third-order valence-electron chi connectivity index (χ3n) is 13.4. The van der Waals surface area contributed by atoms with Crippen molar-refractivity contribution >= 4 is 6.47 Å². The minimum absolute atomic E-state index is 0.0300. The monoisotopic (exact) mass is 502 g/mol. The fourth-order valence-corrected chi connectivity index (χ4v) is 11.4. The Balaban J connectivity index is 1.42. The summed E-state index contributed by atoms with van der Waals surface area (Å²) in [4.78, 5) is 11.5. The number of aliphatic hydroxyl groups excluding tert-OH is 2. The van der Waals surface area contributed by atoms with Gasteiger partial charge in [-0.2, -0.15) is 0 Å². The predicted molar refractivity (Wildman–Crippen MR) is 140 cm³/mol. The second-order valence-electron chi connectivity index (χ2n) is 14.4. The molecule has 0 heterocycles. The molecule has 5 aliphatic carbocycles. The number of rotatable bonds is 8. The highest BCUT2D eigenvalue weighted by Crippen LogP contribution is 2.88. The summed E-state index contributed by atoms with van der Waals surface area (Å²) in [6.07, 6.45) is 9.44. The number of fused-ring (bicyclic) bond motifs is 2. The molecule has 2 N–H and O–H groups in total. The molecule has 0 aromatic rings. The molecule has 36 heavy (non-hydrogen) atoms. The maximum absolute atomic E-state index is 11.9. The summed E-state index contributed by atoms with van der Waals surface area (Å²) in [6, 6.07) is 0. The van der Waals surface area contributed by atoms with E-state index in [1.807, 2.05) is 6.92 Å². The zero-order valence-corrected chi connectivity index (χ0v) is 23.5. The van der Waals surface area contributed by atoms with Crippen LogP contribution in [0.2, 0.25) is 0 Å². The van der Waals surface area contributed by atoms with Gasteiger partial charge in [-0.15, -0.1) is 0 Å². The largest absolute Gasteiger partial charge is 0.458 e. The molecule has 5 nitrogen and oxygen atoms in total. The summed E-state index contributed by atoms with van der Waals surface area (Å²) in [5.41, 5.74) is 0.735. The van der Waals surface area contributed by atoms with Crippen LogP contribution in [-0.2, 0) is 14.3 Å². The van der Waals surface area contributed by atoms with Gasteiger partial charge in [0.05, 0.1) is 18.3 Å². The van der Waals surface area contributed by atoms with E-state index in [1.54, 1.807) is 7.11 Å². The molecule has 5 aliphatic rings. The Morgan fingerprint density at radius 3 is 2.42 bits per heavy atom. The van der Waals surface area contributed by atoms with Crippen LogP contribution in [0.3, 0.4) is 0 Å². The second-order valence-corrected chi connectivity index (χ2v) is 14.4. The van der Waals surface area contributed by atoms with Crippen LogP contribution in [0.1, 0.15) is 98.8 Å².